The number of para-hydroxylation sites is 1. The molecule has 0 aliphatic heterocycles. The summed E-state index contributed by atoms with van der Waals surface area (Å²) < 4.78 is 17.5. The summed E-state index contributed by atoms with van der Waals surface area (Å²) in [6.07, 6.45) is -0.701. The van der Waals surface area contributed by atoms with E-state index in [-0.39, 0.29) is 5.75 Å². The molecule has 0 heterocycles. The molecule has 8 heteroatoms. The second kappa shape index (κ2) is 5.93. The number of benzene rings is 1. The van der Waals surface area contributed by atoms with Crippen molar-refractivity contribution in [2.45, 2.75) is 30.7 Å². The highest BCUT2D eigenvalue weighted by Crippen LogP contribution is 2.63. The second-order valence-electron chi connectivity index (χ2n) is 5.35. The number of ether oxygens (including phenoxy) is 1. The van der Waals surface area contributed by atoms with Crippen LogP contribution in [0.4, 0.5) is 4.39 Å². The normalized spacial score (nSPS) is 23.3. The molecule has 2 unspecified atom stereocenters. The Kier molecular flexibility index (Phi) is 4.54. The van der Waals surface area contributed by atoms with Crippen LogP contribution in [0.15, 0.2) is 24.3 Å². The molecule has 2 N–H and O–H groups in total. The first-order valence-electron chi connectivity index (χ1n) is 6.57. The standard InChI is InChI=1S/C14H15Cl2FN2O3/c1-8(22-10-6-4-3-5-9(10)17)11(20)18-19-12(21)13(2)7-14(13,15)16/h3-6,8H,7H2,1-2H3,(H,18,20)(H,19,21). The first-order valence-corrected chi connectivity index (χ1v) is 7.32. The summed E-state index contributed by atoms with van der Waals surface area (Å²) in [7, 11) is 0. The van der Waals surface area contributed by atoms with Crippen LogP contribution in [0.25, 0.3) is 0 Å². The Labute approximate surface area is 137 Å². The van der Waals surface area contributed by atoms with E-state index in [0.29, 0.717) is 6.42 Å². The van der Waals surface area contributed by atoms with Crippen LogP contribution in [-0.2, 0) is 9.59 Å². The third-order valence-electron chi connectivity index (χ3n) is 3.57. The van der Waals surface area contributed by atoms with Crippen LogP contribution in [0, 0.1) is 11.2 Å². The van der Waals surface area contributed by atoms with E-state index in [0.717, 1.165) is 0 Å². The molecular weight excluding hydrogens is 334 g/mol. The molecule has 0 spiro atoms. The summed E-state index contributed by atoms with van der Waals surface area (Å²) in [5.74, 6) is -1.75. The highest BCUT2D eigenvalue weighted by atomic mass is 35.5. The molecule has 5 nitrogen and oxygen atoms in total. The van der Waals surface area contributed by atoms with Crippen molar-refractivity contribution in [3.05, 3.63) is 30.1 Å². The van der Waals surface area contributed by atoms with Gasteiger partial charge in [0.25, 0.3) is 5.91 Å². The first kappa shape index (κ1) is 16.8. The van der Waals surface area contributed by atoms with Gasteiger partial charge < -0.3 is 4.74 Å². The molecule has 0 bridgehead atoms. The first-order chi connectivity index (χ1) is 10.2. The number of hydrazine groups is 1. The number of amides is 2. The smallest absolute Gasteiger partial charge is 0.279 e. The van der Waals surface area contributed by atoms with Gasteiger partial charge in [-0.05, 0) is 32.4 Å². The number of hydrogen-bond acceptors (Lipinski definition) is 3. The van der Waals surface area contributed by atoms with Crippen LogP contribution < -0.4 is 15.6 Å². The maximum absolute atomic E-state index is 13.4. The predicted molar refractivity (Wildman–Crippen MR) is 79.9 cm³/mol. The Hall–Kier alpha value is -1.53. The van der Waals surface area contributed by atoms with Crippen molar-refractivity contribution >= 4 is 35.0 Å². The highest BCUT2D eigenvalue weighted by Gasteiger charge is 2.68. The van der Waals surface area contributed by atoms with Gasteiger partial charge in [0.1, 0.15) is 4.33 Å². The summed E-state index contributed by atoms with van der Waals surface area (Å²) in [5.41, 5.74) is 3.50. The topological polar surface area (TPSA) is 67.4 Å². The van der Waals surface area contributed by atoms with E-state index in [1.54, 1.807) is 13.0 Å². The zero-order chi connectivity index (χ0) is 16.5. The quantitative estimate of drug-likeness (QED) is 0.648. The van der Waals surface area contributed by atoms with E-state index in [1.165, 1.54) is 25.1 Å². The Balaban J connectivity index is 1.85. The zero-order valence-corrected chi connectivity index (χ0v) is 13.5. The van der Waals surface area contributed by atoms with E-state index in [2.05, 4.69) is 10.9 Å². The number of alkyl halides is 2. The fourth-order valence-corrected chi connectivity index (χ4v) is 2.49. The van der Waals surface area contributed by atoms with E-state index in [9.17, 15) is 14.0 Å². The maximum Gasteiger partial charge on any atom is 0.279 e. The fraction of sp³-hybridized carbons (Fsp3) is 0.429. The number of carbonyl (C=O) groups is 2. The lowest BCUT2D eigenvalue weighted by Gasteiger charge is -2.17. The second-order valence-corrected chi connectivity index (χ2v) is 6.83. The summed E-state index contributed by atoms with van der Waals surface area (Å²) in [5, 5.41) is 0. The van der Waals surface area contributed by atoms with Crippen molar-refractivity contribution in [1.29, 1.82) is 0 Å². The molecule has 1 aromatic rings. The van der Waals surface area contributed by atoms with Crippen LogP contribution in [0.5, 0.6) is 5.75 Å². The molecule has 1 aliphatic rings. The number of halogens is 3. The largest absolute Gasteiger partial charge is 0.478 e. The average molecular weight is 349 g/mol. The Morgan fingerprint density at radius 3 is 2.45 bits per heavy atom. The molecule has 0 saturated heterocycles. The number of nitrogens with one attached hydrogen (secondary N) is 2. The Morgan fingerprint density at radius 2 is 1.91 bits per heavy atom. The molecule has 2 amide bonds. The van der Waals surface area contributed by atoms with Crippen LogP contribution in [-0.4, -0.2) is 22.3 Å². The van der Waals surface area contributed by atoms with Gasteiger partial charge in [0, 0.05) is 0 Å². The molecule has 2 rings (SSSR count). The Bertz CT molecular complexity index is 612. The van der Waals surface area contributed by atoms with Crippen LogP contribution in [0.2, 0.25) is 0 Å². The molecule has 1 saturated carbocycles. The minimum atomic E-state index is -1.13. The van der Waals surface area contributed by atoms with Gasteiger partial charge in [0.05, 0.1) is 5.41 Å². The van der Waals surface area contributed by atoms with Gasteiger partial charge in [-0.1, -0.05) is 12.1 Å². The van der Waals surface area contributed by atoms with Crippen LogP contribution in [0.3, 0.4) is 0 Å². The van der Waals surface area contributed by atoms with E-state index in [4.69, 9.17) is 27.9 Å². The zero-order valence-electron chi connectivity index (χ0n) is 12.0. The van der Waals surface area contributed by atoms with Crippen molar-refractivity contribution in [3.63, 3.8) is 0 Å². The maximum atomic E-state index is 13.4. The van der Waals surface area contributed by atoms with Crippen LogP contribution >= 0.6 is 23.2 Å². The Morgan fingerprint density at radius 1 is 1.32 bits per heavy atom. The van der Waals surface area contributed by atoms with Gasteiger partial charge in [0.15, 0.2) is 17.7 Å². The van der Waals surface area contributed by atoms with Crippen molar-refractivity contribution in [3.8, 4) is 5.75 Å². The van der Waals surface area contributed by atoms with Gasteiger partial charge in [-0.15, -0.1) is 23.2 Å². The van der Waals surface area contributed by atoms with Crippen molar-refractivity contribution < 1.29 is 18.7 Å². The van der Waals surface area contributed by atoms with Crippen molar-refractivity contribution in [1.82, 2.24) is 10.9 Å². The lowest BCUT2D eigenvalue weighted by Crippen LogP contribution is -2.49. The average Bonchev–Trinajstić information content (AvgIpc) is 2.98. The number of hydrogen-bond donors (Lipinski definition) is 2. The molecule has 2 atom stereocenters. The summed E-state index contributed by atoms with van der Waals surface area (Å²) in [6, 6.07) is 5.71. The van der Waals surface area contributed by atoms with E-state index >= 15 is 0 Å². The number of carbonyl (C=O) groups excluding carboxylic acids is 2. The minimum absolute atomic E-state index is 0.0498. The van der Waals surface area contributed by atoms with Crippen molar-refractivity contribution in [2.75, 3.05) is 0 Å². The van der Waals surface area contributed by atoms with E-state index < -0.39 is 33.5 Å². The predicted octanol–water partition coefficient (Wildman–Crippen LogP) is 2.32. The molecule has 0 radical (unpaired) electrons. The van der Waals surface area contributed by atoms with Crippen LogP contribution in [0.1, 0.15) is 20.3 Å². The summed E-state index contributed by atoms with van der Waals surface area (Å²) >= 11 is 11.7. The summed E-state index contributed by atoms with van der Waals surface area (Å²) in [4.78, 5) is 23.7. The fourth-order valence-electron chi connectivity index (χ4n) is 1.79. The number of rotatable bonds is 4. The lowest BCUT2D eigenvalue weighted by molar-refractivity contribution is -0.134. The molecule has 120 valence electrons. The molecule has 1 aromatic carbocycles. The van der Waals surface area contributed by atoms with Gasteiger partial charge >= 0.3 is 0 Å². The van der Waals surface area contributed by atoms with Gasteiger partial charge in [-0.25, -0.2) is 4.39 Å². The summed E-state index contributed by atoms with van der Waals surface area (Å²) in [6.45, 7) is 3.02. The molecule has 22 heavy (non-hydrogen) atoms. The highest BCUT2D eigenvalue weighted by molar-refractivity contribution is 6.53. The molecule has 1 fully saturated rings. The molecule has 0 aromatic heterocycles. The van der Waals surface area contributed by atoms with Crippen molar-refractivity contribution in [2.24, 2.45) is 5.41 Å². The van der Waals surface area contributed by atoms with E-state index in [1.807, 2.05) is 0 Å². The third kappa shape index (κ3) is 3.28. The third-order valence-corrected chi connectivity index (χ3v) is 4.67. The van der Waals surface area contributed by atoms with Gasteiger partial charge in [-0.2, -0.15) is 0 Å². The monoisotopic (exact) mass is 348 g/mol. The lowest BCUT2D eigenvalue weighted by atomic mass is 10.1. The minimum Gasteiger partial charge on any atom is -0.478 e. The van der Waals surface area contributed by atoms with Gasteiger partial charge in [-0.3, -0.25) is 20.4 Å². The van der Waals surface area contributed by atoms with Gasteiger partial charge in [0.2, 0.25) is 5.91 Å². The SMILES string of the molecule is CC(Oc1ccccc1F)C(=O)NNC(=O)C1(C)CC1(Cl)Cl. The molecular formula is C14H15Cl2FN2O3. The molecule has 1 aliphatic carbocycles.